The smallest absolute Gasteiger partial charge is 0.295 e. The van der Waals surface area contributed by atoms with E-state index in [0.717, 1.165) is 0 Å². The van der Waals surface area contributed by atoms with Crippen LogP contribution < -0.4 is 15.4 Å². The molecule has 12 nitrogen and oxygen atoms in total. The molecule has 192 valence electrons. The Hall–Kier alpha value is -4.58. The minimum absolute atomic E-state index is 0.0995. The van der Waals surface area contributed by atoms with Crippen molar-refractivity contribution in [2.24, 2.45) is 4.99 Å². The van der Waals surface area contributed by atoms with Gasteiger partial charge in [-0.05, 0) is 19.2 Å². The van der Waals surface area contributed by atoms with Crippen LogP contribution in [0, 0.1) is 5.41 Å². The van der Waals surface area contributed by atoms with Crippen LogP contribution in [-0.2, 0) is 4.79 Å². The van der Waals surface area contributed by atoms with Gasteiger partial charge in [0.25, 0.3) is 17.6 Å². The largest absolute Gasteiger partial charge is 0.494 e. The summed E-state index contributed by atoms with van der Waals surface area (Å²) in [5.41, 5.74) is 1.21. The van der Waals surface area contributed by atoms with Crippen LogP contribution in [0.15, 0.2) is 47.7 Å². The molecule has 0 atom stereocenters. The van der Waals surface area contributed by atoms with Gasteiger partial charge in [0, 0.05) is 37.9 Å². The summed E-state index contributed by atoms with van der Waals surface area (Å²) >= 11 is 0. The molecule has 12 heteroatoms. The predicted molar refractivity (Wildman–Crippen MR) is 140 cm³/mol. The summed E-state index contributed by atoms with van der Waals surface area (Å²) in [6.07, 6.45) is 4.23. The first-order valence-electron chi connectivity index (χ1n) is 11.7. The van der Waals surface area contributed by atoms with Crippen molar-refractivity contribution in [2.75, 3.05) is 52.2 Å². The number of hydrogen-bond donors (Lipinski definition) is 4. The van der Waals surface area contributed by atoms with Crippen molar-refractivity contribution in [2.45, 2.75) is 0 Å². The van der Waals surface area contributed by atoms with Gasteiger partial charge in [0.05, 0.1) is 42.7 Å². The van der Waals surface area contributed by atoms with Crippen molar-refractivity contribution >= 4 is 46.5 Å². The zero-order valence-corrected chi connectivity index (χ0v) is 20.6. The number of Topliss-reactive ketones (excluding diaryl/α,β-unsaturated/α-hetero) is 1. The van der Waals surface area contributed by atoms with Crippen LogP contribution in [0.25, 0.3) is 10.9 Å². The molecular formula is C25H28N8O4. The number of H-pyrrole nitrogens is 1. The Kier molecular flexibility index (Phi) is 7.89. The second kappa shape index (κ2) is 11.4. The van der Waals surface area contributed by atoms with Gasteiger partial charge >= 0.3 is 0 Å². The quantitative estimate of drug-likeness (QED) is 0.156. The molecule has 0 spiro atoms. The van der Waals surface area contributed by atoms with Crippen LogP contribution in [0.1, 0.15) is 20.7 Å². The number of aliphatic imine (C=N–C) groups is 1. The molecule has 0 aliphatic carbocycles. The van der Waals surface area contributed by atoms with Crippen molar-refractivity contribution in [3.63, 3.8) is 0 Å². The molecule has 2 amide bonds. The van der Waals surface area contributed by atoms with Gasteiger partial charge in [-0.1, -0.05) is 18.2 Å². The third-order valence-electron chi connectivity index (χ3n) is 5.97. The van der Waals surface area contributed by atoms with E-state index in [-0.39, 0.29) is 30.4 Å². The lowest BCUT2D eigenvalue weighted by Gasteiger charge is -2.34. The van der Waals surface area contributed by atoms with Crippen LogP contribution >= 0.6 is 0 Å². The molecule has 2 aromatic heterocycles. The Balaban J connectivity index is 1.48. The number of amides is 2. The Morgan fingerprint density at radius 3 is 2.54 bits per heavy atom. The lowest BCUT2D eigenvalue weighted by Crippen LogP contribution is -2.52. The molecule has 0 radical (unpaired) electrons. The van der Waals surface area contributed by atoms with Crippen LogP contribution in [0.4, 0.5) is 5.82 Å². The number of piperazine rings is 1. The third kappa shape index (κ3) is 5.48. The number of ketones is 1. The summed E-state index contributed by atoms with van der Waals surface area (Å²) in [5.74, 6) is -0.625. The molecule has 1 fully saturated rings. The fourth-order valence-corrected chi connectivity index (χ4v) is 4.08. The van der Waals surface area contributed by atoms with Gasteiger partial charge in [0.15, 0.2) is 5.82 Å². The number of pyridine rings is 1. The van der Waals surface area contributed by atoms with Gasteiger partial charge < -0.3 is 30.2 Å². The molecule has 4 rings (SSSR count). The van der Waals surface area contributed by atoms with Gasteiger partial charge in [-0.25, -0.2) is 9.98 Å². The van der Waals surface area contributed by atoms with Crippen LogP contribution in [-0.4, -0.2) is 96.4 Å². The number of likely N-dealkylation sites (N-methyl/N-ethyl adjacent to an activating group) is 1. The summed E-state index contributed by atoms with van der Waals surface area (Å²) in [6, 6.07) is 8.96. The molecule has 0 unspecified atom stereocenters. The van der Waals surface area contributed by atoms with Crippen LogP contribution in [0.5, 0.6) is 5.75 Å². The number of ether oxygens (including phenoxy) is 1. The molecule has 1 aliphatic heterocycles. The SMILES string of the molecule is CNCC(=N)/N=C\Nc1ncc(OC)c2c(C(=O)C(=O)N3CCN(C(=O)c4ccccc4)CC3)c[nH]c12. The number of hydrogen-bond acceptors (Lipinski definition) is 7. The maximum atomic E-state index is 13.3. The molecular weight excluding hydrogens is 476 g/mol. The standard InChI is InChI=1S/C25H28N8O4/c1-27-14-19(26)30-15-31-23-21-20(18(37-2)13-29-23)17(12-28-21)22(34)25(36)33-10-8-32(9-11-33)24(35)16-6-4-3-5-7-16/h3-7,12-13,15,27-28H,8-11,14H2,1-2H3,(H2,26,29,30,31). The van der Waals surface area contributed by atoms with Crippen molar-refractivity contribution in [1.82, 2.24) is 25.1 Å². The summed E-state index contributed by atoms with van der Waals surface area (Å²) < 4.78 is 5.41. The van der Waals surface area contributed by atoms with Gasteiger partial charge in [0.1, 0.15) is 11.6 Å². The Morgan fingerprint density at radius 2 is 1.86 bits per heavy atom. The van der Waals surface area contributed by atoms with Gasteiger partial charge in [-0.3, -0.25) is 19.8 Å². The average Bonchev–Trinajstić information content (AvgIpc) is 3.38. The Bertz CT molecular complexity index is 1340. The van der Waals surface area contributed by atoms with E-state index >= 15 is 0 Å². The highest BCUT2D eigenvalue weighted by atomic mass is 16.5. The average molecular weight is 505 g/mol. The van der Waals surface area contributed by atoms with Crippen LogP contribution in [0.3, 0.4) is 0 Å². The van der Waals surface area contributed by atoms with E-state index in [9.17, 15) is 14.4 Å². The molecule has 3 heterocycles. The normalized spacial score (nSPS) is 13.7. The summed E-state index contributed by atoms with van der Waals surface area (Å²) in [7, 11) is 3.17. The number of nitrogens with one attached hydrogen (secondary N) is 4. The number of carbonyl (C=O) groups is 3. The number of nitrogens with zero attached hydrogens (tertiary/aromatic N) is 4. The van der Waals surface area contributed by atoms with Crippen molar-refractivity contribution in [3.05, 3.63) is 53.9 Å². The van der Waals surface area contributed by atoms with E-state index in [1.165, 1.54) is 30.7 Å². The minimum atomic E-state index is -0.686. The third-order valence-corrected chi connectivity index (χ3v) is 5.97. The molecule has 0 bridgehead atoms. The number of aromatic amines is 1. The molecule has 1 aromatic carbocycles. The van der Waals surface area contributed by atoms with Gasteiger partial charge in [0.2, 0.25) is 0 Å². The van der Waals surface area contributed by atoms with E-state index in [1.807, 2.05) is 6.07 Å². The number of methoxy groups -OCH3 is 1. The monoisotopic (exact) mass is 504 g/mol. The topological polar surface area (TPSA) is 156 Å². The molecule has 3 aromatic rings. The summed E-state index contributed by atoms with van der Waals surface area (Å²) in [4.78, 5) is 53.5. The lowest BCUT2D eigenvalue weighted by atomic mass is 10.1. The highest BCUT2D eigenvalue weighted by Crippen LogP contribution is 2.32. The number of benzene rings is 1. The zero-order chi connectivity index (χ0) is 26.4. The fraction of sp³-hybridized carbons (Fsp3) is 0.280. The lowest BCUT2D eigenvalue weighted by molar-refractivity contribution is -0.127. The van der Waals surface area contributed by atoms with E-state index in [0.29, 0.717) is 47.7 Å². The first-order chi connectivity index (χ1) is 17.9. The summed E-state index contributed by atoms with van der Waals surface area (Å²) in [5, 5.41) is 13.9. The number of amidine groups is 1. The Labute approximate surface area is 213 Å². The zero-order valence-electron chi connectivity index (χ0n) is 20.6. The molecule has 1 saturated heterocycles. The predicted octanol–water partition coefficient (Wildman–Crippen LogP) is 1.38. The highest BCUT2D eigenvalue weighted by Gasteiger charge is 2.31. The number of anilines is 1. The first-order valence-corrected chi connectivity index (χ1v) is 11.7. The maximum Gasteiger partial charge on any atom is 0.295 e. The van der Waals surface area contributed by atoms with Crippen molar-refractivity contribution in [3.8, 4) is 5.75 Å². The summed E-state index contributed by atoms with van der Waals surface area (Å²) in [6.45, 7) is 1.49. The number of fused-ring (bicyclic) bond motifs is 1. The number of aromatic nitrogens is 2. The second-order valence-corrected chi connectivity index (χ2v) is 8.29. The van der Waals surface area contributed by atoms with E-state index < -0.39 is 11.7 Å². The fourth-order valence-electron chi connectivity index (χ4n) is 4.08. The van der Waals surface area contributed by atoms with Gasteiger partial charge in [-0.15, -0.1) is 0 Å². The maximum absolute atomic E-state index is 13.3. The molecule has 0 saturated carbocycles. The number of carbonyl (C=O) groups excluding carboxylic acids is 3. The Morgan fingerprint density at radius 1 is 1.16 bits per heavy atom. The van der Waals surface area contributed by atoms with E-state index in [1.54, 1.807) is 36.2 Å². The minimum Gasteiger partial charge on any atom is -0.494 e. The highest BCUT2D eigenvalue weighted by molar-refractivity contribution is 6.45. The molecule has 4 N–H and O–H groups in total. The first kappa shape index (κ1) is 25.5. The molecule has 1 aliphatic rings. The second-order valence-electron chi connectivity index (χ2n) is 8.29. The van der Waals surface area contributed by atoms with Gasteiger partial charge in [-0.2, -0.15) is 0 Å². The van der Waals surface area contributed by atoms with E-state index in [4.69, 9.17) is 10.1 Å². The van der Waals surface area contributed by atoms with E-state index in [2.05, 4.69) is 25.6 Å². The van der Waals surface area contributed by atoms with Crippen LogP contribution in [0.2, 0.25) is 0 Å². The van der Waals surface area contributed by atoms with Crippen molar-refractivity contribution in [1.29, 1.82) is 5.41 Å². The number of rotatable bonds is 8. The molecule has 37 heavy (non-hydrogen) atoms. The van der Waals surface area contributed by atoms with Crippen molar-refractivity contribution < 1.29 is 19.1 Å².